The molecular formula is C27H40O4. The molecule has 4 nitrogen and oxygen atoms in total. The molecule has 0 amide bonds. The zero-order valence-corrected chi connectivity index (χ0v) is 20.1. The minimum absolute atomic E-state index is 0.0737. The van der Waals surface area contributed by atoms with E-state index in [4.69, 9.17) is 9.47 Å². The van der Waals surface area contributed by atoms with Crippen LogP contribution in [-0.2, 0) is 16.0 Å². The van der Waals surface area contributed by atoms with E-state index in [0.29, 0.717) is 17.6 Å². The van der Waals surface area contributed by atoms with Gasteiger partial charge in [0.2, 0.25) is 5.78 Å². The SMILES string of the molecule is CC.CCCOCCC.CCCc1ccccc1[C@@H](C)Oc1ccc(C(=O)C=O)cc1. The Bertz CT molecular complexity index is 718. The van der Waals surface area contributed by atoms with Gasteiger partial charge in [0.1, 0.15) is 11.9 Å². The molecule has 2 aromatic carbocycles. The first-order chi connectivity index (χ1) is 15.1. The van der Waals surface area contributed by atoms with E-state index in [-0.39, 0.29) is 6.10 Å². The Labute approximate surface area is 189 Å². The third-order valence-electron chi connectivity index (χ3n) is 4.27. The number of aldehydes is 1. The largest absolute Gasteiger partial charge is 0.486 e. The number of ether oxygens (including phenoxy) is 2. The van der Waals surface area contributed by atoms with Gasteiger partial charge >= 0.3 is 0 Å². The third-order valence-corrected chi connectivity index (χ3v) is 4.27. The fourth-order valence-electron chi connectivity index (χ4n) is 2.85. The Morgan fingerprint density at radius 3 is 2.00 bits per heavy atom. The molecule has 0 N–H and O–H groups in total. The number of ketones is 1. The predicted octanol–water partition coefficient (Wildman–Crippen LogP) is 7.01. The van der Waals surface area contributed by atoms with Gasteiger partial charge in [-0.15, -0.1) is 0 Å². The Kier molecular flexibility index (Phi) is 16.9. The van der Waals surface area contributed by atoms with Crippen molar-refractivity contribution >= 4 is 12.1 Å². The summed E-state index contributed by atoms with van der Waals surface area (Å²) in [4.78, 5) is 21.7. The number of Topliss-reactive ketones (excluding diaryl/α,β-unsaturated/α-hetero) is 1. The maximum atomic E-state index is 11.3. The first-order valence-corrected chi connectivity index (χ1v) is 11.5. The smallest absolute Gasteiger partial charge is 0.225 e. The highest BCUT2D eigenvalue weighted by atomic mass is 16.5. The van der Waals surface area contributed by atoms with Crippen LogP contribution < -0.4 is 4.74 Å². The molecule has 31 heavy (non-hydrogen) atoms. The number of hydrogen-bond donors (Lipinski definition) is 0. The number of benzene rings is 2. The second kappa shape index (κ2) is 18.3. The maximum Gasteiger partial charge on any atom is 0.225 e. The van der Waals surface area contributed by atoms with E-state index in [1.807, 2.05) is 32.9 Å². The van der Waals surface area contributed by atoms with Crippen molar-refractivity contribution in [2.45, 2.75) is 73.3 Å². The highest BCUT2D eigenvalue weighted by Crippen LogP contribution is 2.25. The van der Waals surface area contributed by atoms with E-state index in [1.165, 1.54) is 11.1 Å². The molecule has 2 rings (SSSR count). The van der Waals surface area contributed by atoms with E-state index in [1.54, 1.807) is 24.3 Å². The number of rotatable bonds is 11. The van der Waals surface area contributed by atoms with E-state index >= 15 is 0 Å². The molecule has 0 radical (unpaired) electrons. The molecule has 172 valence electrons. The lowest BCUT2D eigenvalue weighted by atomic mass is 9.99. The lowest BCUT2D eigenvalue weighted by Crippen LogP contribution is -2.07. The van der Waals surface area contributed by atoms with Gasteiger partial charge < -0.3 is 9.47 Å². The summed E-state index contributed by atoms with van der Waals surface area (Å²) in [7, 11) is 0. The molecule has 4 heteroatoms. The molecule has 0 heterocycles. The van der Waals surface area contributed by atoms with E-state index in [2.05, 4.69) is 32.9 Å². The Hall–Kier alpha value is -2.46. The Morgan fingerprint density at radius 1 is 0.903 bits per heavy atom. The van der Waals surface area contributed by atoms with Crippen LogP contribution >= 0.6 is 0 Å². The molecule has 2 aromatic rings. The quantitative estimate of drug-likeness (QED) is 0.167. The van der Waals surface area contributed by atoms with Gasteiger partial charge in [-0.2, -0.15) is 0 Å². The summed E-state index contributed by atoms with van der Waals surface area (Å²) >= 11 is 0. The van der Waals surface area contributed by atoms with Crippen LogP contribution in [0.1, 0.15) is 88.4 Å². The highest BCUT2D eigenvalue weighted by molar-refractivity contribution is 6.33. The van der Waals surface area contributed by atoms with Crippen LogP contribution in [0.5, 0.6) is 5.75 Å². The molecule has 0 fully saturated rings. The van der Waals surface area contributed by atoms with Crippen LogP contribution in [0.2, 0.25) is 0 Å². The fraction of sp³-hybridized carbons (Fsp3) is 0.481. The van der Waals surface area contributed by atoms with Gasteiger partial charge in [-0.3, -0.25) is 9.59 Å². The van der Waals surface area contributed by atoms with E-state index in [0.717, 1.165) is 38.9 Å². The van der Waals surface area contributed by atoms with Gasteiger partial charge in [0.25, 0.3) is 0 Å². The molecule has 0 aliphatic rings. The van der Waals surface area contributed by atoms with E-state index < -0.39 is 5.78 Å². The second-order valence-corrected chi connectivity index (χ2v) is 6.83. The van der Waals surface area contributed by atoms with Crippen molar-refractivity contribution in [1.82, 2.24) is 0 Å². The Balaban J connectivity index is 0.000000852. The summed E-state index contributed by atoms with van der Waals surface area (Å²) in [5, 5.41) is 0. The molecule has 0 aliphatic carbocycles. The van der Waals surface area contributed by atoms with Gasteiger partial charge in [0, 0.05) is 18.8 Å². The van der Waals surface area contributed by atoms with Gasteiger partial charge in [-0.1, -0.05) is 65.3 Å². The van der Waals surface area contributed by atoms with Crippen molar-refractivity contribution in [3.05, 3.63) is 65.2 Å². The first-order valence-electron chi connectivity index (χ1n) is 11.5. The zero-order valence-electron chi connectivity index (χ0n) is 20.1. The Morgan fingerprint density at radius 2 is 1.48 bits per heavy atom. The molecule has 0 aliphatic heterocycles. The number of hydrogen-bond acceptors (Lipinski definition) is 4. The monoisotopic (exact) mass is 428 g/mol. The lowest BCUT2D eigenvalue weighted by molar-refractivity contribution is -0.104. The molecular weight excluding hydrogens is 388 g/mol. The molecule has 0 unspecified atom stereocenters. The van der Waals surface area contributed by atoms with Crippen LogP contribution in [0.3, 0.4) is 0 Å². The van der Waals surface area contributed by atoms with Crippen LogP contribution in [0.15, 0.2) is 48.5 Å². The van der Waals surface area contributed by atoms with Crippen LogP contribution in [-0.4, -0.2) is 25.3 Å². The minimum atomic E-state index is -0.520. The van der Waals surface area contributed by atoms with Crippen molar-refractivity contribution < 1.29 is 19.1 Å². The number of carbonyl (C=O) groups excluding carboxylic acids is 2. The van der Waals surface area contributed by atoms with Crippen molar-refractivity contribution in [3.63, 3.8) is 0 Å². The van der Waals surface area contributed by atoms with Crippen LogP contribution in [0, 0.1) is 0 Å². The molecule has 0 bridgehead atoms. The summed E-state index contributed by atoms with van der Waals surface area (Å²) in [6.07, 6.45) is 4.64. The predicted molar refractivity (Wildman–Crippen MR) is 129 cm³/mol. The van der Waals surface area contributed by atoms with Gasteiger partial charge in [-0.25, -0.2) is 0 Å². The van der Waals surface area contributed by atoms with Crippen molar-refractivity contribution in [3.8, 4) is 5.75 Å². The van der Waals surface area contributed by atoms with Crippen molar-refractivity contribution in [2.24, 2.45) is 0 Å². The molecule has 0 saturated carbocycles. The first kappa shape index (κ1) is 28.5. The normalized spacial score (nSPS) is 10.6. The zero-order chi connectivity index (χ0) is 23.5. The summed E-state index contributed by atoms with van der Waals surface area (Å²) in [5.74, 6) is 0.161. The summed E-state index contributed by atoms with van der Waals surface area (Å²) in [5.41, 5.74) is 2.85. The molecule has 0 spiro atoms. The maximum absolute atomic E-state index is 11.3. The summed E-state index contributed by atoms with van der Waals surface area (Å²) in [6.45, 7) is 14.3. The molecule has 0 aromatic heterocycles. The van der Waals surface area contributed by atoms with Gasteiger partial charge in [0.15, 0.2) is 6.29 Å². The van der Waals surface area contributed by atoms with Crippen molar-refractivity contribution in [2.75, 3.05) is 13.2 Å². The molecule has 1 atom stereocenters. The lowest BCUT2D eigenvalue weighted by Gasteiger charge is -2.18. The van der Waals surface area contributed by atoms with Gasteiger partial charge in [0.05, 0.1) is 0 Å². The standard InChI is InChI=1S/C19H20O3.C6H14O.C2H6/c1-3-6-15-7-4-5-8-18(15)14(2)22-17-11-9-16(10-12-17)19(21)13-20;1-3-5-7-6-4-2;1-2/h4-5,7-14H,3,6H2,1-2H3;3-6H2,1-2H3;1-2H3/t14-;;/m1../s1. The topological polar surface area (TPSA) is 52.6 Å². The summed E-state index contributed by atoms with van der Waals surface area (Å²) in [6, 6.07) is 14.9. The fourth-order valence-corrected chi connectivity index (χ4v) is 2.85. The summed E-state index contributed by atoms with van der Waals surface area (Å²) < 4.78 is 11.1. The highest BCUT2D eigenvalue weighted by Gasteiger charge is 2.12. The van der Waals surface area contributed by atoms with Gasteiger partial charge in [-0.05, 0) is 61.6 Å². The average molecular weight is 429 g/mol. The van der Waals surface area contributed by atoms with Crippen molar-refractivity contribution in [1.29, 1.82) is 0 Å². The minimum Gasteiger partial charge on any atom is -0.486 e. The average Bonchev–Trinajstić information content (AvgIpc) is 2.81. The third kappa shape index (κ3) is 11.5. The van der Waals surface area contributed by atoms with Crippen LogP contribution in [0.4, 0.5) is 0 Å². The number of aryl methyl sites for hydroxylation is 1. The number of carbonyl (C=O) groups is 2. The molecule has 0 saturated heterocycles. The van der Waals surface area contributed by atoms with E-state index in [9.17, 15) is 9.59 Å². The van der Waals surface area contributed by atoms with Crippen LogP contribution in [0.25, 0.3) is 0 Å². The second-order valence-electron chi connectivity index (χ2n) is 6.83.